The first kappa shape index (κ1) is 48.3. The van der Waals surface area contributed by atoms with Gasteiger partial charge >= 0.3 is 135 Å². The van der Waals surface area contributed by atoms with Crippen molar-refractivity contribution in [1.29, 1.82) is 0 Å². The molecule has 0 saturated carbocycles. The molecule has 2 aliphatic heterocycles. The molecule has 5 rings (SSSR count). The van der Waals surface area contributed by atoms with Crippen LogP contribution in [-0.2, 0) is 41.1 Å². The number of aromatic nitrogens is 4. The Hall–Kier alpha value is 0.320. The molecule has 2 N–H and O–H groups in total. The first-order valence-electron chi connectivity index (χ1n) is 11.8. The van der Waals surface area contributed by atoms with Crippen molar-refractivity contribution in [3.63, 3.8) is 0 Å². The Morgan fingerprint density at radius 2 is 1.42 bits per heavy atom. The second kappa shape index (κ2) is 17.8. The molecule has 4 heterocycles. The van der Waals surface area contributed by atoms with Crippen LogP contribution in [0.3, 0.4) is 0 Å². The Kier molecular flexibility index (Phi) is 17.3. The first-order valence-corrected chi connectivity index (χ1v) is 16.1. The maximum absolute atomic E-state index is 12.2. The van der Waals surface area contributed by atoms with Gasteiger partial charge in [-0.25, -0.2) is 19.3 Å². The smallest absolute Gasteiger partial charge is 0.790 e. The number of phosphoric ester groups is 1. The third kappa shape index (κ3) is 10.1. The summed E-state index contributed by atoms with van der Waals surface area (Å²) in [5.74, 6) is -3.21. The number of hydrogen-bond acceptors (Lipinski definition) is 23. The average Bonchev–Trinajstić information content (AvgIpc) is 3.58. The molecule has 2 saturated heterocycles. The summed E-state index contributed by atoms with van der Waals surface area (Å²) in [5.41, 5.74) is 3.08. The molecule has 1 aliphatic carbocycles. The Balaban J connectivity index is 0.00000312. The van der Waals surface area contributed by atoms with Gasteiger partial charge in [0.1, 0.15) is 30.2 Å². The van der Waals surface area contributed by atoms with Crippen LogP contribution in [0.15, 0.2) is 36.2 Å². The van der Waals surface area contributed by atoms with Crippen molar-refractivity contribution < 1.29 is 194 Å². The number of fused-ring (bicyclic) bond motifs is 2. The van der Waals surface area contributed by atoms with Crippen LogP contribution in [0, 0.1) is 30.3 Å². The zero-order valence-corrected chi connectivity index (χ0v) is 36.4. The van der Waals surface area contributed by atoms with Crippen LogP contribution in [0.1, 0.15) is 6.23 Å². The summed E-state index contributed by atoms with van der Waals surface area (Å²) >= 11 is 0. The van der Waals surface area contributed by atoms with Gasteiger partial charge in [-0.15, -0.1) is 0 Å². The largest absolute Gasteiger partial charge is 1.00 e. The van der Waals surface area contributed by atoms with E-state index in [1.54, 1.807) is 0 Å². The van der Waals surface area contributed by atoms with Crippen molar-refractivity contribution in [1.82, 2.24) is 19.5 Å². The van der Waals surface area contributed by atoms with Gasteiger partial charge in [-0.3, -0.25) is 48.4 Å². The van der Waals surface area contributed by atoms with E-state index in [4.69, 9.17) is 19.9 Å². The van der Waals surface area contributed by atoms with E-state index in [-0.39, 0.29) is 135 Å². The van der Waals surface area contributed by atoms with Gasteiger partial charge in [0.15, 0.2) is 17.7 Å². The van der Waals surface area contributed by atoms with Crippen LogP contribution < -0.4 is 144 Å². The van der Waals surface area contributed by atoms with Crippen molar-refractivity contribution in [3.05, 3.63) is 66.5 Å². The van der Waals surface area contributed by atoms with Gasteiger partial charge in [-0.05, 0) is 0 Å². The number of hydrogen-bond donors (Lipinski definition) is 1. The molecule has 2 aromatic heterocycles. The SMILES string of the molecule is Nc1ncnc2c1ncn2[C@@H]1O[C@H](COP(=O)([O-])OP(=O)([O-])OP(=O)([O-])[O-])[C@H]2OC3(O[C@H]21)C([N+](=O)[O-])=CC([N+](=O)[O-])C=C3[N+](=O)[O-].[Na+].[Na+].[Na+].[Na+]. The van der Waals surface area contributed by atoms with Gasteiger partial charge < -0.3 is 48.6 Å². The monoisotopic (exact) mass is 806 g/mol. The molecule has 34 heteroatoms. The molecule has 6 atom stereocenters. The molecule has 0 amide bonds. The standard InChI is InChI=1S/C16H17N8O19P3.4Na/c17-13-10-14(19-4-18-13)21(5-20-10)15-12-11(7(39-15)3-38-45(34,35)43-46(36,37)42-44(31,32)33)40-16(41-12)8(23(27)28)1-6(22(25)26)2-9(16)24(29)30;;;;/h1-2,4-7,11-12,15H,3H2,(H,34,35)(H,36,37)(H2,17,18,19)(H2,31,32,33);;;;/q;4*+1/p-4/t6?,7-,11-,12-,15-,16?;;;;/m1..../s1. The number of anilines is 1. The number of phosphoric acid groups is 3. The maximum Gasteiger partial charge on any atom is 1.00 e. The summed E-state index contributed by atoms with van der Waals surface area (Å²) in [4.78, 5) is 88.5. The van der Waals surface area contributed by atoms with Crippen LogP contribution in [0.25, 0.3) is 11.2 Å². The van der Waals surface area contributed by atoms with E-state index in [2.05, 4.69) is 28.1 Å². The molecule has 50 heavy (non-hydrogen) atoms. The Morgan fingerprint density at radius 3 is 1.94 bits per heavy atom. The average molecular weight is 806 g/mol. The number of ether oxygens (including phenoxy) is 3. The summed E-state index contributed by atoms with van der Waals surface area (Å²) in [6.07, 6.45) is -4.06. The van der Waals surface area contributed by atoms with Crippen LogP contribution >= 0.6 is 23.5 Å². The van der Waals surface area contributed by atoms with Gasteiger partial charge in [0, 0.05) is 4.92 Å². The predicted molar refractivity (Wildman–Crippen MR) is 128 cm³/mol. The molecular weight excluding hydrogens is 793 g/mol. The minimum absolute atomic E-state index is 0. The number of imidazole rings is 1. The zero-order chi connectivity index (χ0) is 34.0. The molecule has 0 aromatic carbocycles. The summed E-state index contributed by atoms with van der Waals surface area (Å²) in [5, 5.41) is 35.5. The quantitative estimate of drug-likeness (QED) is 0.0953. The summed E-state index contributed by atoms with van der Waals surface area (Å²) in [6.45, 7) is -1.32. The fraction of sp³-hybridized carbons (Fsp3) is 0.438. The Morgan fingerprint density at radius 1 is 0.860 bits per heavy atom. The minimum atomic E-state index is -6.38. The van der Waals surface area contributed by atoms with Gasteiger partial charge in [0.25, 0.3) is 21.7 Å². The van der Waals surface area contributed by atoms with Crippen LogP contribution in [0.5, 0.6) is 0 Å². The molecule has 2 aromatic rings. The molecule has 0 bridgehead atoms. The zero-order valence-electron chi connectivity index (χ0n) is 25.7. The number of nitrogens with zero attached hydrogens (tertiary/aromatic N) is 7. The molecule has 250 valence electrons. The number of nitrogens with two attached hydrogens (primary N) is 1. The second-order valence-electron chi connectivity index (χ2n) is 9.12. The number of nitrogen functional groups attached to an aromatic ring is 1. The van der Waals surface area contributed by atoms with Crippen LogP contribution in [0.4, 0.5) is 5.82 Å². The van der Waals surface area contributed by atoms with Crippen molar-refractivity contribution >= 4 is 40.4 Å². The van der Waals surface area contributed by atoms with Crippen molar-refractivity contribution in [3.8, 4) is 0 Å². The normalized spacial score (nSPS) is 27.9. The maximum atomic E-state index is 12.2. The Labute approximate surface area is 364 Å². The Bertz CT molecular complexity index is 1830. The summed E-state index contributed by atoms with van der Waals surface area (Å²) in [6, 6.07) is -2.07. The molecule has 27 nitrogen and oxygen atoms in total. The van der Waals surface area contributed by atoms with Crippen LogP contribution in [-0.4, -0.2) is 71.0 Å². The van der Waals surface area contributed by atoms with E-state index in [0.29, 0.717) is 12.2 Å². The predicted octanol–water partition coefficient (Wildman–Crippen LogP) is -15.4. The molecule has 0 radical (unpaired) electrons. The van der Waals surface area contributed by atoms with E-state index < -0.39 is 92.6 Å². The van der Waals surface area contributed by atoms with Gasteiger partial charge in [-0.2, -0.15) is 0 Å². The van der Waals surface area contributed by atoms with E-state index in [0.717, 1.165) is 17.2 Å². The molecule has 3 aliphatic rings. The van der Waals surface area contributed by atoms with Crippen molar-refractivity contribution in [2.24, 2.45) is 0 Å². The van der Waals surface area contributed by atoms with Crippen molar-refractivity contribution in [2.45, 2.75) is 36.4 Å². The third-order valence-corrected chi connectivity index (χ3v) is 9.98. The molecule has 2 fully saturated rings. The second-order valence-corrected chi connectivity index (χ2v) is 13.4. The summed E-state index contributed by atoms with van der Waals surface area (Å²) < 4.78 is 63.5. The fourth-order valence-electron chi connectivity index (χ4n) is 4.70. The molecule has 1 spiro atoms. The number of rotatable bonds is 11. The first-order chi connectivity index (χ1) is 21.2. The van der Waals surface area contributed by atoms with E-state index >= 15 is 0 Å². The topological polar surface area (TPSA) is 398 Å². The van der Waals surface area contributed by atoms with Crippen LogP contribution in [0.2, 0.25) is 0 Å². The number of nitro groups is 3. The summed E-state index contributed by atoms with van der Waals surface area (Å²) in [7, 11) is -18.8. The van der Waals surface area contributed by atoms with Crippen molar-refractivity contribution in [2.75, 3.05) is 12.3 Å². The molecular formula is C16H13N8Na4O19P3. The van der Waals surface area contributed by atoms with E-state index in [1.807, 2.05) is 0 Å². The minimum Gasteiger partial charge on any atom is -0.790 e. The molecule has 2 unspecified atom stereocenters. The van der Waals surface area contributed by atoms with E-state index in [1.165, 1.54) is 0 Å². The van der Waals surface area contributed by atoms with Gasteiger partial charge in [0.2, 0.25) is 0 Å². The fourth-order valence-corrected chi connectivity index (χ4v) is 7.56. The third-order valence-electron chi connectivity index (χ3n) is 6.32. The van der Waals surface area contributed by atoms with Gasteiger partial charge in [-0.1, -0.05) is 0 Å². The van der Waals surface area contributed by atoms with E-state index in [9.17, 15) is 63.6 Å². The van der Waals surface area contributed by atoms with Gasteiger partial charge in [0.05, 0.1) is 42.8 Å².